The maximum atomic E-state index is 13.0. The minimum absolute atomic E-state index is 0.0389. The molecule has 0 aromatic heterocycles. The van der Waals surface area contributed by atoms with Gasteiger partial charge in [0.2, 0.25) is 5.91 Å². The van der Waals surface area contributed by atoms with E-state index >= 15 is 0 Å². The Bertz CT molecular complexity index is 1150. The first-order valence-electron chi connectivity index (χ1n) is 22.6. The first kappa shape index (κ1) is 53.2. The van der Waals surface area contributed by atoms with E-state index in [-0.39, 0.29) is 22.6 Å². The number of rotatable bonds is 20. The monoisotopic (exact) mass is 769 g/mol. The van der Waals surface area contributed by atoms with Crippen LogP contribution in [0.5, 0.6) is 0 Å². The van der Waals surface area contributed by atoms with Crippen molar-refractivity contribution in [2.24, 2.45) is 33.0 Å². The summed E-state index contributed by atoms with van der Waals surface area (Å²) in [5, 5.41) is 6.10. The minimum Gasteiger partial charge on any atom is -0.354 e. The van der Waals surface area contributed by atoms with Crippen LogP contribution in [-0.2, 0) is 10.2 Å². The summed E-state index contributed by atoms with van der Waals surface area (Å²) in [7, 11) is 0. The zero-order chi connectivity index (χ0) is 42.7. The van der Waals surface area contributed by atoms with Gasteiger partial charge in [0.1, 0.15) is 6.04 Å². The molecule has 322 valence electrons. The van der Waals surface area contributed by atoms with Crippen LogP contribution in [0.15, 0.2) is 24.3 Å². The number of nitrogens with one attached hydrogen (secondary N) is 2. The van der Waals surface area contributed by atoms with Gasteiger partial charge in [-0.3, -0.25) is 9.59 Å². The van der Waals surface area contributed by atoms with Gasteiger partial charge in [0, 0.05) is 12.1 Å². The lowest BCUT2D eigenvalue weighted by atomic mass is 9.79. The van der Waals surface area contributed by atoms with Crippen LogP contribution in [0.1, 0.15) is 243 Å². The lowest BCUT2D eigenvalue weighted by molar-refractivity contribution is -0.123. The molecule has 1 aromatic carbocycles. The molecule has 1 unspecified atom stereocenters. The highest BCUT2D eigenvalue weighted by Gasteiger charge is 2.23. The Morgan fingerprint density at radius 2 is 0.891 bits per heavy atom. The molecule has 4 nitrogen and oxygen atoms in total. The normalized spacial score (nSPS) is 13.7. The van der Waals surface area contributed by atoms with Crippen LogP contribution in [0.3, 0.4) is 0 Å². The fourth-order valence-corrected chi connectivity index (χ4v) is 6.73. The second-order valence-electron chi connectivity index (χ2n) is 24.2. The van der Waals surface area contributed by atoms with Crippen molar-refractivity contribution in [1.29, 1.82) is 0 Å². The first-order chi connectivity index (χ1) is 24.9. The SMILES string of the molecule is CC(C)(C)CCCC(CCC(C)(C)C)CCC(C)(C)C.CC(C)(C)CCCCCCNC(=O)C(CCCCC(C)(C)C)NC(=O)c1ccc(C(C)(C)C)cc1. The number of carbonyl (C=O) groups is 2. The minimum atomic E-state index is -0.495. The summed E-state index contributed by atoms with van der Waals surface area (Å²) >= 11 is 0. The maximum absolute atomic E-state index is 13.0. The molecule has 0 aliphatic heterocycles. The Kier molecular flexibility index (Phi) is 23.4. The number of hydrogen-bond donors (Lipinski definition) is 2. The van der Waals surface area contributed by atoms with Gasteiger partial charge < -0.3 is 10.6 Å². The van der Waals surface area contributed by atoms with Crippen LogP contribution in [-0.4, -0.2) is 24.4 Å². The number of amides is 2. The van der Waals surface area contributed by atoms with Crippen molar-refractivity contribution in [2.45, 2.75) is 239 Å². The van der Waals surface area contributed by atoms with Gasteiger partial charge >= 0.3 is 0 Å². The van der Waals surface area contributed by atoms with E-state index in [1.54, 1.807) is 0 Å². The van der Waals surface area contributed by atoms with Crippen LogP contribution in [0.4, 0.5) is 0 Å². The maximum Gasteiger partial charge on any atom is 0.251 e. The van der Waals surface area contributed by atoms with Gasteiger partial charge in [0.05, 0.1) is 0 Å². The summed E-state index contributed by atoms with van der Waals surface area (Å²) in [5.74, 6) is 0.703. The summed E-state index contributed by atoms with van der Waals surface area (Å²) in [4.78, 5) is 25.9. The summed E-state index contributed by atoms with van der Waals surface area (Å²) in [6.45, 7) is 42.1. The van der Waals surface area contributed by atoms with Crippen LogP contribution in [0, 0.1) is 33.0 Å². The predicted molar refractivity (Wildman–Crippen MR) is 244 cm³/mol. The van der Waals surface area contributed by atoms with Gasteiger partial charge in [0.15, 0.2) is 0 Å². The van der Waals surface area contributed by atoms with E-state index in [1.165, 1.54) is 69.8 Å². The fourth-order valence-electron chi connectivity index (χ4n) is 6.73. The Balaban J connectivity index is 0.00000124. The van der Waals surface area contributed by atoms with Gasteiger partial charge in [-0.1, -0.05) is 182 Å². The van der Waals surface area contributed by atoms with Crippen LogP contribution in [0.2, 0.25) is 0 Å². The van der Waals surface area contributed by atoms with E-state index in [9.17, 15) is 9.59 Å². The summed E-state index contributed by atoms with van der Waals surface area (Å²) in [6.07, 6.45) is 19.3. The predicted octanol–water partition coefficient (Wildman–Crippen LogP) is 15.3. The van der Waals surface area contributed by atoms with Crippen molar-refractivity contribution in [2.75, 3.05) is 6.54 Å². The second kappa shape index (κ2) is 24.2. The van der Waals surface area contributed by atoms with Crippen molar-refractivity contribution >= 4 is 11.8 Å². The summed E-state index contributed by atoms with van der Waals surface area (Å²) in [5.41, 5.74) is 3.98. The molecule has 0 saturated heterocycles. The summed E-state index contributed by atoms with van der Waals surface area (Å²) < 4.78 is 0. The molecule has 2 N–H and O–H groups in total. The van der Waals surface area contributed by atoms with E-state index in [1.807, 2.05) is 24.3 Å². The number of benzene rings is 1. The van der Waals surface area contributed by atoms with E-state index in [2.05, 4.69) is 135 Å². The molecular weight excluding hydrogens is 673 g/mol. The van der Waals surface area contributed by atoms with E-state index in [0.717, 1.165) is 38.0 Å². The van der Waals surface area contributed by atoms with Gasteiger partial charge in [-0.05, 0) is 114 Å². The topological polar surface area (TPSA) is 58.2 Å². The molecule has 1 rings (SSSR count). The molecule has 1 aromatic rings. The molecule has 4 heteroatoms. The number of hydrogen-bond acceptors (Lipinski definition) is 2. The van der Waals surface area contributed by atoms with Crippen molar-refractivity contribution in [3.63, 3.8) is 0 Å². The first-order valence-corrected chi connectivity index (χ1v) is 22.6. The molecule has 0 saturated carbocycles. The number of unbranched alkanes of at least 4 members (excludes halogenated alkanes) is 4. The van der Waals surface area contributed by atoms with E-state index < -0.39 is 6.04 Å². The lowest BCUT2D eigenvalue weighted by Crippen LogP contribution is -2.47. The largest absolute Gasteiger partial charge is 0.354 e. The van der Waals surface area contributed by atoms with Gasteiger partial charge in [0.25, 0.3) is 5.91 Å². The van der Waals surface area contributed by atoms with Crippen LogP contribution in [0.25, 0.3) is 0 Å². The number of carbonyl (C=O) groups excluding carboxylic acids is 2. The Labute approximate surface area is 344 Å². The van der Waals surface area contributed by atoms with Gasteiger partial charge in [-0.25, -0.2) is 0 Å². The highest BCUT2D eigenvalue weighted by atomic mass is 16.2. The molecule has 0 aliphatic carbocycles. The average Bonchev–Trinajstić information content (AvgIpc) is 3.00. The zero-order valence-corrected chi connectivity index (χ0v) is 40.3. The molecule has 0 radical (unpaired) electrons. The molecule has 0 fully saturated rings. The molecule has 0 heterocycles. The molecule has 55 heavy (non-hydrogen) atoms. The van der Waals surface area contributed by atoms with E-state index in [0.29, 0.717) is 40.2 Å². The van der Waals surface area contributed by atoms with Crippen molar-refractivity contribution < 1.29 is 9.59 Å². The fraction of sp³-hybridized carbons (Fsp3) is 0.843. The lowest BCUT2D eigenvalue weighted by Gasteiger charge is -2.27. The van der Waals surface area contributed by atoms with Gasteiger partial charge in [-0.2, -0.15) is 0 Å². The second-order valence-corrected chi connectivity index (χ2v) is 24.2. The molecule has 0 aliphatic rings. The third-order valence-corrected chi connectivity index (χ3v) is 10.6. The third-order valence-electron chi connectivity index (χ3n) is 10.6. The molecular formula is C51H96N2O2. The standard InChI is InChI=1S/C31H54N2O2.C20H42/c1-29(2,3)21-13-10-11-15-23-32-28(35)26(16-12-14-22-30(4,5)6)33-27(34)24-17-19-25(20-18-24)31(7,8)9;1-18(2,3)14-10-11-17(12-15-19(4,5)6)13-16-20(7,8)9/h17-20,26H,10-16,21-23H2,1-9H3,(H,32,35)(H,33,34);17H,10-16H2,1-9H3. The molecule has 0 spiro atoms. The van der Waals surface area contributed by atoms with Crippen LogP contribution >= 0.6 is 0 Å². The smallest absolute Gasteiger partial charge is 0.251 e. The Hall–Kier alpha value is -1.84. The van der Waals surface area contributed by atoms with Crippen molar-refractivity contribution in [3.05, 3.63) is 35.4 Å². The van der Waals surface area contributed by atoms with Gasteiger partial charge in [-0.15, -0.1) is 0 Å². The zero-order valence-electron chi connectivity index (χ0n) is 40.3. The van der Waals surface area contributed by atoms with Crippen LogP contribution < -0.4 is 10.6 Å². The van der Waals surface area contributed by atoms with Crippen molar-refractivity contribution in [1.82, 2.24) is 10.6 Å². The highest BCUT2D eigenvalue weighted by Crippen LogP contribution is 2.33. The Morgan fingerprint density at radius 1 is 0.473 bits per heavy atom. The third kappa shape index (κ3) is 31.9. The Morgan fingerprint density at radius 3 is 1.33 bits per heavy atom. The molecule has 1 atom stereocenters. The average molecular weight is 769 g/mol. The summed E-state index contributed by atoms with van der Waals surface area (Å²) in [6, 6.07) is 7.25. The molecule has 0 bridgehead atoms. The molecule has 2 amide bonds. The van der Waals surface area contributed by atoms with E-state index in [4.69, 9.17) is 0 Å². The van der Waals surface area contributed by atoms with Crippen molar-refractivity contribution in [3.8, 4) is 0 Å². The quantitative estimate of drug-likeness (QED) is 0.130. The highest BCUT2D eigenvalue weighted by molar-refractivity contribution is 5.97.